The average Bonchev–Trinajstić information content (AvgIpc) is 3.18. The van der Waals surface area contributed by atoms with Crippen LogP contribution in [-0.4, -0.2) is 25.3 Å². The molecule has 0 fully saturated rings. The lowest BCUT2D eigenvalue weighted by Crippen LogP contribution is -2.14. The quantitative estimate of drug-likeness (QED) is 0.333. The maximum atomic E-state index is 14.2. The van der Waals surface area contributed by atoms with Crippen LogP contribution in [0.15, 0.2) is 41.5 Å². The maximum Gasteiger partial charge on any atom is 0.272 e. The second-order valence-electron chi connectivity index (χ2n) is 6.34. The molecule has 0 bridgehead atoms. The van der Waals surface area contributed by atoms with E-state index in [-0.39, 0.29) is 33.5 Å². The van der Waals surface area contributed by atoms with Gasteiger partial charge in [0, 0.05) is 27.9 Å². The Hall–Kier alpha value is -4.01. The molecular weight excluding hydrogens is 368 g/mol. The molecule has 0 radical (unpaired) electrons. The number of aromatic amines is 2. The summed E-state index contributed by atoms with van der Waals surface area (Å²) in [7, 11) is 0. The van der Waals surface area contributed by atoms with Crippen LogP contribution in [0.5, 0.6) is 5.75 Å². The summed E-state index contributed by atoms with van der Waals surface area (Å²) < 4.78 is 28.3. The minimum atomic E-state index is -1.12. The maximum absolute atomic E-state index is 14.2. The summed E-state index contributed by atoms with van der Waals surface area (Å²) in [5.41, 5.74) is 6.12. The summed E-state index contributed by atoms with van der Waals surface area (Å²) in [5.74, 6) is -2.34. The lowest BCUT2D eigenvalue weighted by atomic mass is 9.95. The van der Waals surface area contributed by atoms with Crippen molar-refractivity contribution >= 4 is 38.4 Å². The number of phenols is 1. The number of nitrogens with one attached hydrogen (secondary N) is 2. The van der Waals surface area contributed by atoms with Crippen LogP contribution in [0.2, 0.25) is 0 Å². The Kier molecular flexibility index (Phi) is 3.17. The van der Waals surface area contributed by atoms with Crippen molar-refractivity contribution in [1.82, 2.24) is 20.2 Å². The van der Waals surface area contributed by atoms with Gasteiger partial charge in [-0.1, -0.05) is 0 Å². The third kappa shape index (κ3) is 2.04. The molecule has 3 aromatic heterocycles. The van der Waals surface area contributed by atoms with E-state index in [1.165, 1.54) is 18.5 Å². The zero-order valence-corrected chi connectivity index (χ0v) is 14.0. The van der Waals surface area contributed by atoms with E-state index in [0.29, 0.717) is 21.8 Å². The monoisotopic (exact) mass is 379 g/mol. The van der Waals surface area contributed by atoms with Gasteiger partial charge in [-0.2, -0.15) is 5.10 Å². The number of hydrogen-bond donors (Lipinski definition) is 4. The first-order chi connectivity index (χ1) is 13.5. The second kappa shape index (κ2) is 5.49. The lowest BCUT2D eigenvalue weighted by Gasteiger charge is -2.13. The highest BCUT2D eigenvalue weighted by Gasteiger charge is 2.21. The third-order valence-corrected chi connectivity index (χ3v) is 4.79. The van der Waals surface area contributed by atoms with E-state index in [9.17, 15) is 18.7 Å². The highest BCUT2D eigenvalue weighted by Crippen LogP contribution is 2.40. The van der Waals surface area contributed by atoms with E-state index >= 15 is 0 Å². The first kappa shape index (κ1) is 16.2. The van der Waals surface area contributed by atoms with E-state index in [0.717, 1.165) is 6.07 Å². The van der Waals surface area contributed by atoms with Crippen LogP contribution in [0.3, 0.4) is 0 Å². The van der Waals surface area contributed by atoms with Gasteiger partial charge in [0.15, 0.2) is 11.6 Å². The zero-order chi connectivity index (χ0) is 19.6. The Morgan fingerprint density at radius 3 is 2.75 bits per heavy atom. The number of anilines is 1. The molecule has 28 heavy (non-hydrogen) atoms. The zero-order valence-electron chi connectivity index (χ0n) is 14.0. The van der Waals surface area contributed by atoms with Crippen LogP contribution in [0.4, 0.5) is 14.5 Å². The summed E-state index contributed by atoms with van der Waals surface area (Å²) in [5, 5.41) is 17.7. The molecule has 0 aliphatic rings. The number of H-pyrrole nitrogens is 2. The molecule has 5 N–H and O–H groups in total. The number of nitrogens with two attached hydrogens (primary N) is 1. The number of aromatic nitrogens is 4. The largest absolute Gasteiger partial charge is 0.506 e. The van der Waals surface area contributed by atoms with Gasteiger partial charge >= 0.3 is 0 Å². The van der Waals surface area contributed by atoms with E-state index in [1.54, 1.807) is 12.1 Å². The van der Waals surface area contributed by atoms with Gasteiger partial charge in [0.05, 0.1) is 11.7 Å². The number of phenolic OH excluding ortho intramolecular Hbond substituents is 1. The Morgan fingerprint density at radius 2 is 1.93 bits per heavy atom. The van der Waals surface area contributed by atoms with Crippen molar-refractivity contribution in [2.75, 3.05) is 5.73 Å². The predicted molar refractivity (Wildman–Crippen MR) is 101 cm³/mol. The Morgan fingerprint density at radius 1 is 1.11 bits per heavy atom. The molecule has 0 saturated carbocycles. The van der Waals surface area contributed by atoms with Gasteiger partial charge in [0.25, 0.3) is 5.56 Å². The molecule has 0 aliphatic carbocycles. The van der Waals surface area contributed by atoms with Crippen molar-refractivity contribution < 1.29 is 13.9 Å². The number of nitrogens with zero attached hydrogens (tertiary/aromatic N) is 2. The molecule has 9 heteroatoms. The number of hydrogen-bond acceptors (Lipinski definition) is 5. The second-order valence-corrected chi connectivity index (χ2v) is 6.34. The smallest absolute Gasteiger partial charge is 0.272 e. The predicted octanol–water partition coefficient (Wildman–Crippen LogP) is 3.19. The van der Waals surface area contributed by atoms with E-state index in [4.69, 9.17) is 5.73 Å². The van der Waals surface area contributed by atoms with Gasteiger partial charge in [0.1, 0.15) is 22.5 Å². The van der Waals surface area contributed by atoms with Crippen molar-refractivity contribution in [1.29, 1.82) is 0 Å². The Bertz CT molecular complexity index is 1490. The summed E-state index contributed by atoms with van der Waals surface area (Å²) in [6.07, 6.45) is 2.83. The molecular formula is C19H11F2N5O2. The molecule has 0 aliphatic heterocycles. The van der Waals surface area contributed by atoms with Crippen LogP contribution in [0.1, 0.15) is 0 Å². The Balaban J connectivity index is 2.04. The fraction of sp³-hybridized carbons (Fsp3) is 0. The fourth-order valence-electron chi connectivity index (χ4n) is 3.55. The number of benzene rings is 2. The van der Waals surface area contributed by atoms with Crippen molar-refractivity contribution in [3.63, 3.8) is 0 Å². The third-order valence-electron chi connectivity index (χ3n) is 4.79. The SMILES string of the molecule is Nc1c(-c2cc(F)c(F)c3[nH]ncc23)c2cc(O)c3ncccc3c2[nH]c1=O. The standard InChI is InChI=1S/C19H11F2N5O2/c20-11-4-8(10-6-24-26-18(10)14(11)21)13-9-5-12(27)17-7(2-1-3-23-17)16(9)25-19(28)15(13)22/h1-6,27H,22H2,(H,24,26)(H,25,28). The van der Waals surface area contributed by atoms with E-state index in [1.807, 2.05) is 0 Å². The van der Waals surface area contributed by atoms with Crippen molar-refractivity contribution in [2.45, 2.75) is 0 Å². The highest BCUT2D eigenvalue weighted by molar-refractivity contribution is 6.15. The normalized spacial score (nSPS) is 11.6. The van der Waals surface area contributed by atoms with Crippen molar-refractivity contribution in [2.24, 2.45) is 0 Å². The number of nitrogen functional groups attached to an aromatic ring is 1. The highest BCUT2D eigenvalue weighted by atomic mass is 19.2. The molecule has 2 aromatic carbocycles. The van der Waals surface area contributed by atoms with Gasteiger partial charge in [0.2, 0.25) is 0 Å². The minimum Gasteiger partial charge on any atom is -0.506 e. The number of halogens is 2. The first-order valence-corrected chi connectivity index (χ1v) is 8.21. The van der Waals surface area contributed by atoms with Crippen LogP contribution in [0, 0.1) is 11.6 Å². The van der Waals surface area contributed by atoms with Gasteiger partial charge in [-0.15, -0.1) is 0 Å². The van der Waals surface area contributed by atoms with Gasteiger partial charge in [-0.05, 0) is 29.8 Å². The number of fused-ring (bicyclic) bond motifs is 4. The number of aromatic hydroxyl groups is 1. The van der Waals surface area contributed by atoms with Crippen LogP contribution >= 0.6 is 0 Å². The summed E-state index contributed by atoms with van der Waals surface area (Å²) in [6, 6.07) is 5.68. The molecule has 138 valence electrons. The number of pyridine rings is 2. The summed E-state index contributed by atoms with van der Waals surface area (Å²) >= 11 is 0. The molecule has 0 atom stereocenters. The van der Waals surface area contributed by atoms with Gasteiger partial charge in [-0.25, -0.2) is 8.78 Å². The van der Waals surface area contributed by atoms with Crippen molar-refractivity contribution in [3.05, 3.63) is 58.6 Å². The van der Waals surface area contributed by atoms with Gasteiger partial charge < -0.3 is 15.8 Å². The minimum absolute atomic E-state index is 0.137. The molecule has 3 heterocycles. The van der Waals surface area contributed by atoms with E-state index in [2.05, 4.69) is 20.2 Å². The molecule has 0 saturated heterocycles. The fourth-order valence-corrected chi connectivity index (χ4v) is 3.55. The molecule has 5 rings (SSSR count). The van der Waals surface area contributed by atoms with Crippen LogP contribution < -0.4 is 11.3 Å². The molecule has 0 spiro atoms. The van der Waals surface area contributed by atoms with Gasteiger partial charge in [-0.3, -0.25) is 14.9 Å². The Labute approximate surface area is 154 Å². The van der Waals surface area contributed by atoms with Crippen LogP contribution in [-0.2, 0) is 0 Å². The summed E-state index contributed by atoms with van der Waals surface area (Å²) in [6.45, 7) is 0. The molecule has 5 aromatic rings. The molecule has 0 amide bonds. The first-order valence-electron chi connectivity index (χ1n) is 8.21. The van der Waals surface area contributed by atoms with Crippen LogP contribution in [0.25, 0.3) is 43.8 Å². The molecule has 0 unspecified atom stereocenters. The lowest BCUT2D eigenvalue weighted by molar-refractivity contribution is 0.481. The number of rotatable bonds is 1. The average molecular weight is 379 g/mol. The van der Waals surface area contributed by atoms with E-state index < -0.39 is 17.2 Å². The topological polar surface area (TPSA) is 121 Å². The van der Waals surface area contributed by atoms with Crippen molar-refractivity contribution in [3.8, 4) is 16.9 Å². The molecule has 7 nitrogen and oxygen atoms in total. The summed E-state index contributed by atoms with van der Waals surface area (Å²) in [4.78, 5) is 19.3.